The standard InChI is InChI=1S/C18H21NO5/c1-10-5-6-14(11(2)7-10)15-16(24-12(3)20)18(19-17(15)21)8-22-13(4)23-9-18/h5-7,13H,8-9H2,1-4H3,(H,19,21). The van der Waals surface area contributed by atoms with Crippen LogP contribution in [0.4, 0.5) is 0 Å². The topological polar surface area (TPSA) is 73.9 Å². The fourth-order valence-corrected chi connectivity index (χ4v) is 3.12. The molecule has 2 heterocycles. The zero-order valence-corrected chi connectivity index (χ0v) is 14.3. The van der Waals surface area contributed by atoms with Gasteiger partial charge in [-0.2, -0.15) is 0 Å². The van der Waals surface area contributed by atoms with Crippen molar-refractivity contribution in [3.8, 4) is 0 Å². The maximum Gasteiger partial charge on any atom is 0.307 e. The number of hydrogen-bond acceptors (Lipinski definition) is 5. The van der Waals surface area contributed by atoms with Gasteiger partial charge >= 0.3 is 5.97 Å². The SMILES string of the molecule is CC(=O)OC1=C(c2ccc(C)cc2C)C(=O)NC12COC(C)OC2. The lowest BCUT2D eigenvalue weighted by Gasteiger charge is -2.36. The van der Waals surface area contributed by atoms with Gasteiger partial charge in [0.1, 0.15) is 5.54 Å². The third-order valence-electron chi connectivity index (χ3n) is 4.27. The predicted octanol–water partition coefficient (Wildman–Crippen LogP) is 1.84. The first kappa shape index (κ1) is 16.7. The highest BCUT2D eigenvalue weighted by Crippen LogP contribution is 2.38. The Hall–Kier alpha value is -2.18. The summed E-state index contributed by atoms with van der Waals surface area (Å²) in [5.41, 5.74) is 2.17. The summed E-state index contributed by atoms with van der Waals surface area (Å²) in [5.74, 6) is -0.499. The first-order valence-corrected chi connectivity index (χ1v) is 7.89. The van der Waals surface area contributed by atoms with Crippen molar-refractivity contribution in [2.45, 2.75) is 39.5 Å². The molecule has 1 aromatic rings. The minimum atomic E-state index is -0.970. The van der Waals surface area contributed by atoms with Crippen LogP contribution in [-0.2, 0) is 23.8 Å². The van der Waals surface area contributed by atoms with Crippen LogP contribution in [0.2, 0.25) is 0 Å². The number of ether oxygens (including phenoxy) is 3. The molecular weight excluding hydrogens is 310 g/mol. The second-order valence-electron chi connectivity index (χ2n) is 6.34. The van der Waals surface area contributed by atoms with Crippen LogP contribution in [0.1, 0.15) is 30.5 Å². The smallest absolute Gasteiger partial charge is 0.307 e. The highest BCUT2D eigenvalue weighted by atomic mass is 16.7. The summed E-state index contributed by atoms with van der Waals surface area (Å²) in [6.45, 7) is 7.39. The molecule has 0 aromatic heterocycles. The zero-order valence-electron chi connectivity index (χ0n) is 14.3. The molecule has 24 heavy (non-hydrogen) atoms. The van der Waals surface area contributed by atoms with Crippen molar-refractivity contribution in [3.05, 3.63) is 40.6 Å². The molecule has 0 saturated carbocycles. The minimum Gasteiger partial charge on any atom is -0.428 e. The van der Waals surface area contributed by atoms with Crippen molar-refractivity contribution < 1.29 is 23.8 Å². The minimum absolute atomic E-state index is 0.191. The maximum absolute atomic E-state index is 12.7. The van der Waals surface area contributed by atoms with Crippen LogP contribution in [0, 0.1) is 13.8 Å². The molecule has 3 rings (SSSR count). The van der Waals surface area contributed by atoms with Gasteiger partial charge in [0.2, 0.25) is 0 Å². The Morgan fingerprint density at radius 3 is 2.54 bits per heavy atom. The summed E-state index contributed by atoms with van der Waals surface area (Å²) in [6, 6.07) is 5.78. The van der Waals surface area contributed by atoms with E-state index in [1.165, 1.54) is 6.92 Å². The Morgan fingerprint density at radius 2 is 1.96 bits per heavy atom. The first-order valence-electron chi connectivity index (χ1n) is 7.89. The van der Waals surface area contributed by atoms with E-state index in [1.807, 2.05) is 32.0 Å². The van der Waals surface area contributed by atoms with E-state index in [2.05, 4.69) is 5.32 Å². The van der Waals surface area contributed by atoms with Crippen LogP contribution >= 0.6 is 0 Å². The van der Waals surface area contributed by atoms with Crippen LogP contribution in [0.25, 0.3) is 5.57 Å². The molecule has 0 unspecified atom stereocenters. The third kappa shape index (κ3) is 2.83. The Labute approximate surface area is 140 Å². The quantitative estimate of drug-likeness (QED) is 0.837. The van der Waals surface area contributed by atoms with E-state index in [4.69, 9.17) is 14.2 Å². The molecule has 128 valence electrons. The third-order valence-corrected chi connectivity index (χ3v) is 4.27. The normalized spacial score (nSPS) is 26.7. The second-order valence-corrected chi connectivity index (χ2v) is 6.34. The van der Waals surface area contributed by atoms with Gasteiger partial charge in [0.05, 0.1) is 18.8 Å². The number of esters is 1. The Bertz CT molecular complexity index is 729. The number of nitrogens with one attached hydrogen (secondary N) is 1. The fourth-order valence-electron chi connectivity index (χ4n) is 3.12. The van der Waals surface area contributed by atoms with Crippen molar-refractivity contribution >= 4 is 17.4 Å². The van der Waals surface area contributed by atoms with Gasteiger partial charge in [-0.05, 0) is 31.9 Å². The van der Waals surface area contributed by atoms with E-state index < -0.39 is 11.5 Å². The number of aryl methyl sites for hydroxylation is 2. The van der Waals surface area contributed by atoms with Crippen LogP contribution in [0.5, 0.6) is 0 Å². The molecule has 0 atom stereocenters. The van der Waals surface area contributed by atoms with Crippen molar-refractivity contribution in [2.24, 2.45) is 0 Å². The van der Waals surface area contributed by atoms with Crippen LogP contribution in [-0.4, -0.2) is 36.9 Å². The summed E-state index contributed by atoms with van der Waals surface area (Å²) < 4.78 is 16.6. The lowest BCUT2D eigenvalue weighted by atomic mass is 9.93. The van der Waals surface area contributed by atoms with Gasteiger partial charge in [0.25, 0.3) is 5.91 Å². The first-order chi connectivity index (χ1) is 11.3. The van der Waals surface area contributed by atoms with E-state index in [0.29, 0.717) is 5.57 Å². The number of carbonyl (C=O) groups excluding carboxylic acids is 2. The van der Waals surface area contributed by atoms with E-state index in [9.17, 15) is 9.59 Å². The number of rotatable bonds is 2. The molecule has 2 aliphatic rings. The van der Waals surface area contributed by atoms with Crippen molar-refractivity contribution in [1.82, 2.24) is 5.32 Å². The molecule has 1 aromatic carbocycles. The lowest BCUT2D eigenvalue weighted by molar-refractivity contribution is -0.201. The van der Waals surface area contributed by atoms with Gasteiger partial charge in [-0.1, -0.05) is 23.8 Å². The summed E-state index contributed by atoms with van der Waals surface area (Å²) in [6.07, 6.45) is -0.365. The predicted molar refractivity (Wildman–Crippen MR) is 86.8 cm³/mol. The Morgan fingerprint density at radius 1 is 1.29 bits per heavy atom. The molecule has 6 nitrogen and oxygen atoms in total. The average molecular weight is 331 g/mol. The summed E-state index contributed by atoms with van der Waals surface area (Å²) in [7, 11) is 0. The molecule has 0 bridgehead atoms. The number of carbonyl (C=O) groups is 2. The van der Waals surface area contributed by atoms with Gasteiger partial charge in [-0.15, -0.1) is 0 Å². The molecule has 0 radical (unpaired) electrons. The fraction of sp³-hybridized carbons (Fsp3) is 0.444. The van der Waals surface area contributed by atoms with Crippen molar-refractivity contribution in [3.63, 3.8) is 0 Å². The van der Waals surface area contributed by atoms with Gasteiger partial charge in [-0.3, -0.25) is 9.59 Å². The molecule has 6 heteroatoms. The Balaban J connectivity index is 2.13. The second kappa shape index (κ2) is 6.03. The molecular formula is C18H21NO5. The molecule has 1 spiro atoms. The molecule has 0 aliphatic carbocycles. The van der Waals surface area contributed by atoms with Crippen molar-refractivity contribution in [2.75, 3.05) is 13.2 Å². The summed E-state index contributed by atoms with van der Waals surface area (Å²) in [4.78, 5) is 24.3. The van der Waals surface area contributed by atoms with Crippen molar-refractivity contribution in [1.29, 1.82) is 0 Å². The van der Waals surface area contributed by atoms with Gasteiger partial charge in [-0.25, -0.2) is 0 Å². The van der Waals surface area contributed by atoms with Crippen LogP contribution in [0.3, 0.4) is 0 Å². The molecule has 1 fully saturated rings. The van der Waals surface area contributed by atoms with E-state index in [1.54, 1.807) is 6.92 Å². The molecule has 1 N–H and O–H groups in total. The van der Waals surface area contributed by atoms with Crippen LogP contribution < -0.4 is 5.32 Å². The van der Waals surface area contributed by atoms with Gasteiger partial charge < -0.3 is 19.5 Å². The summed E-state index contributed by atoms with van der Waals surface area (Å²) in [5, 5.41) is 2.90. The molecule has 2 aliphatic heterocycles. The van der Waals surface area contributed by atoms with Gasteiger partial charge in [0, 0.05) is 6.92 Å². The monoisotopic (exact) mass is 331 g/mol. The number of hydrogen-bond donors (Lipinski definition) is 1. The number of amides is 1. The lowest BCUT2D eigenvalue weighted by Crippen LogP contribution is -2.57. The van der Waals surface area contributed by atoms with E-state index in [0.717, 1.165) is 16.7 Å². The molecule has 1 amide bonds. The summed E-state index contributed by atoms with van der Waals surface area (Å²) >= 11 is 0. The number of benzene rings is 1. The average Bonchev–Trinajstić information content (AvgIpc) is 2.75. The Kier molecular flexibility index (Phi) is 4.19. The van der Waals surface area contributed by atoms with Crippen LogP contribution in [0.15, 0.2) is 24.0 Å². The molecule has 1 saturated heterocycles. The highest BCUT2D eigenvalue weighted by Gasteiger charge is 2.51. The van der Waals surface area contributed by atoms with E-state index in [-0.39, 0.29) is 31.2 Å². The largest absolute Gasteiger partial charge is 0.428 e. The highest BCUT2D eigenvalue weighted by molar-refractivity contribution is 6.24. The zero-order chi connectivity index (χ0) is 17.5. The van der Waals surface area contributed by atoms with Gasteiger partial charge in [0.15, 0.2) is 12.0 Å². The maximum atomic E-state index is 12.7. The van der Waals surface area contributed by atoms with E-state index >= 15 is 0 Å².